The zero-order valence-electron chi connectivity index (χ0n) is 11.5. The van der Waals surface area contributed by atoms with Gasteiger partial charge >= 0.3 is 0 Å². The van der Waals surface area contributed by atoms with E-state index in [0.717, 1.165) is 16.5 Å². The van der Waals surface area contributed by atoms with E-state index in [1.807, 2.05) is 30.3 Å². The van der Waals surface area contributed by atoms with E-state index >= 15 is 0 Å². The SMILES string of the molecule is O=C(NCCc1cccc2cccnc12)C1=COCCO1. The van der Waals surface area contributed by atoms with Gasteiger partial charge in [0.25, 0.3) is 5.91 Å². The number of carbonyl (C=O) groups is 1. The standard InChI is InChI=1S/C16H16N2O3/c19-16(14-11-20-9-10-21-14)18-8-6-13-4-1-3-12-5-2-7-17-15(12)13/h1-5,7,11H,6,8-10H2,(H,18,19). The smallest absolute Gasteiger partial charge is 0.289 e. The van der Waals surface area contributed by atoms with Gasteiger partial charge in [0.2, 0.25) is 5.76 Å². The number of nitrogens with one attached hydrogen (secondary N) is 1. The van der Waals surface area contributed by atoms with Gasteiger partial charge in [0.1, 0.15) is 19.5 Å². The number of benzene rings is 1. The molecular formula is C16H16N2O3. The molecule has 1 N–H and O–H groups in total. The molecule has 0 aliphatic carbocycles. The van der Waals surface area contributed by atoms with Gasteiger partial charge in [-0.3, -0.25) is 9.78 Å². The fourth-order valence-electron chi connectivity index (χ4n) is 2.25. The van der Waals surface area contributed by atoms with Crippen LogP contribution in [0.1, 0.15) is 5.56 Å². The van der Waals surface area contributed by atoms with E-state index in [1.54, 1.807) is 6.20 Å². The van der Waals surface area contributed by atoms with E-state index in [1.165, 1.54) is 6.26 Å². The molecule has 0 saturated carbocycles. The Hall–Kier alpha value is -2.56. The van der Waals surface area contributed by atoms with Gasteiger partial charge in [-0.1, -0.05) is 24.3 Å². The quantitative estimate of drug-likeness (QED) is 0.929. The number of ether oxygens (including phenoxy) is 2. The topological polar surface area (TPSA) is 60.5 Å². The van der Waals surface area contributed by atoms with Crippen LogP contribution in [-0.2, 0) is 20.7 Å². The molecule has 0 fully saturated rings. The van der Waals surface area contributed by atoms with E-state index in [-0.39, 0.29) is 11.7 Å². The summed E-state index contributed by atoms with van der Waals surface area (Å²) in [5.74, 6) is -0.0137. The molecule has 1 aromatic heterocycles. The molecule has 0 radical (unpaired) electrons. The van der Waals surface area contributed by atoms with Crippen molar-refractivity contribution < 1.29 is 14.3 Å². The highest BCUT2D eigenvalue weighted by Gasteiger charge is 2.14. The number of pyridine rings is 1. The van der Waals surface area contributed by atoms with E-state index in [4.69, 9.17) is 9.47 Å². The van der Waals surface area contributed by atoms with Crippen molar-refractivity contribution in [1.82, 2.24) is 10.3 Å². The van der Waals surface area contributed by atoms with Gasteiger partial charge in [0.15, 0.2) is 0 Å². The molecule has 0 unspecified atom stereocenters. The molecule has 2 aromatic rings. The molecule has 1 amide bonds. The van der Waals surface area contributed by atoms with Crippen LogP contribution in [0.5, 0.6) is 0 Å². The van der Waals surface area contributed by atoms with E-state index in [9.17, 15) is 4.79 Å². The van der Waals surface area contributed by atoms with Crippen molar-refractivity contribution in [3.63, 3.8) is 0 Å². The fraction of sp³-hybridized carbons (Fsp3) is 0.250. The molecule has 0 atom stereocenters. The number of rotatable bonds is 4. The summed E-state index contributed by atoms with van der Waals surface area (Å²) in [6.45, 7) is 1.42. The monoisotopic (exact) mass is 284 g/mol. The number of nitrogens with zero attached hydrogens (tertiary/aromatic N) is 1. The third-order valence-corrected chi connectivity index (χ3v) is 3.27. The Morgan fingerprint density at radius 2 is 2.14 bits per heavy atom. The Labute approximate surface area is 122 Å². The molecule has 5 heteroatoms. The van der Waals surface area contributed by atoms with Crippen LogP contribution in [0.3, 0.4) is 0 Å². The number of hydrogen-bond donors (Lipinski definition) is 1. The summed E-state index contributed by atoms with van der Waals surface area (Å²) in [5.41, 5.74) is 2.09. The Balaban J connectivity index is 1.62. The highest BCUT2D eigenvalue weighted by molar-refractivity contribution is 5.91. The summed E-state index contributed by atoms with van der Waals surface area (Å²) in [6.07, 6.45) is 3.86. The molecule has 0 spiro atoms. The maximum atomic E-state index is 11.9. The lowest BCUT2D eigenvalue weighted by atomic mass is 10.1. The van der Waals surface area contributed by atoms with Gasteiger partial charge in [0.05, 0.1) is 5.52 Å². The van der Waals surface area contributed by atoms with Crippen molar-refractivity contribution in [3.8, 4) is 0 Å². The second-order valence-corrected chi connectivity index (χ2v) is 4.70. The van der Waals surface area contributed by atoms with Crippen molar-refractivity contribution in [3.05, 3.63) is 54.1 Å². The zero-order valence-corrected chi connectivity index (χ0v) is 11.5. The lowest BCUT2D eigenvalue weighted by Gasteiger charge is -2.15. The maximum Gasteiger partial charge on any atom is 0.289 e. The summed E-state index contributed by atoms with van der Waals surface area (Å²) in [5, 5.41) is 3.93. The summed E-state index contributed by atoms with van der Waals surface area (Å²) >= 11 is 0. The van der Waals surface area contributed by atoms with Gasteiger partial charge in [-0.2, -0.15) is 0 Å². The minimum atomic E-state index is -0.247. The number of carbonyl (C=O) groups excluding carboxylic acids is 1. The first-order valence-electron chi connectivity index (χ1n) is 6.90. The lowest BCUT2D eigenvalue weighted by Crippen LogP contribution is -2.30. The zero-order chi connectivity index (χ0) is 14.5. The molecule has 2 heterocycles. The summed E-state index contributed by atoms with van der Waals surface area (Å²) in [6, 6.07) is 10.0. The molecule has 1 aromatic carbocycles. The molecule has 0 bridgehead atoms. The van der Waals surface area contributed by atoms with Gasteiger partial charge in [-0.05, 0) is 18.1 Å². The number of hydrogen-bond acceptors (Lipinski definition) is 4. The number of aromatic nitrogens is 1. The van der Waals surface area contributed by atoms with Crippen LogP contribution in [0.4, 0.5) is 0 Å². The first-order valence-corrected chi connectivity index (χ1v) is 6.90. The number of para-hydroxylation sites is 1. The molecule has 1 aliphatic rings. The van der Waals surface area contributed by atoms with Gasteiger partial charge in [0, 0.05) is 18.1 Å². The van der Waals surface area contributed by atoms with Gasteiger partial charge in [-0.15, -0.1) is 0 Å². The van der Waals surface area contributed by atoms with Crippen molar-refractivity contribution in [2.24, 2.45) is 0 Å². The van der Waals surface area contributed by atoms with E-state index in [0.29, 0.717) is 26.2 Å². The second kappa shape index (κ2) is 6.26. The predicted octanol–water partition coefficient (Wildman–Crippen LogP) is 1.78. The van der Waals surface area contributed by atoms with E-state index < -0.39 is 0 Å². The number of amides is 1. The van der Waals surface area contributed by atoms with Gasteiger partial charge in [-0.25, -0.2) is 0 Å². The normalized spacial score (nSPS) is 14.0. The van der Waals surface area contributed by atoms with Crippen molar-refractivity contribution in [2.45, 2.75) is 6.42 Å². The first kappa shape index (κ1) is 13.4. The van der Waals surface area contributed by atoms with Crippen molar-refractivity contribution >= 4 is 16.8 Å². The summed E-state index contributed by atoms with van der Waals surface area (Å²) < 4.78 is 10.3. The van der Waals surface area contributed by atoms with Crippen LogP contribution in [-0.4, -0.2) is 30.6 Å². The summed E-state index contributed by atoms with van der Waals surface area (Å²) in [4.78, 5) is 16.3. The van der Waals surface area contributed by atoms with Crippen LogP contribution in [0.2, 0.25) is 0 Å². The molecule has 1 aliphatic heterocycles. The minimum Gasteiger partial charge on any atom is -0.494 e. The summed E-state index contributed by atoms with van der Waals surface area (Å²) in [7, 11) is 0. The van der Waals surface area contributed by atoms with Crippen LogP contribution >= 0.6 is 0 Å². The van der Waals surface area contributed by atoms with Crippen molar-refractivity contribution in [2.75, 3.05) is 19.8 Å². The Morgan fingerprint density at radius 1 is 1.24 bits per heavy atom. The Morgan fingerprint density at radius 3 is 3.00 bits per heavy atom. The lowest BCUT2D eigenvalue weighted by molar-refractivity contribution is -0.122. The average Bonchev–Trinajstić information content (AvgIpc) is 2.56. The minimum absolute atomic E-state index is 0.234. The molecule has 0 saturated heterocycles. The van der Waals surface area contributed by atoms with Crippen LogP contribution < -0.4 is 5.32 Å². The molecular weight excluding hydrogens is 268 g/mol. The largest absolute Gasteiger partial charge is 0.494 e. The van der Waals surface area contributed by atoms with Crippen molar-refractivity contribution in [1.29, 1.82) is 0 Å². The molecule has 21 heavy (non-hydrogen) atoms. The van der Waals surface area contributed by atoms with E-state index in [2.05, 4.69) is 10.3 Å². The predicted molar refractivity (Wildman–Crippen MR) is 78.4 cm³/mol. The third-order valence-electron chi connectivity index (χ3n) is 3.27. The molecule has 108 valence electrons. The van der Waals surface area contributed by atoms with Crippen LogP contribution in [0.15, 0.2) is 48.5 Å². The molecule has 5 nitrogen and oxygen atoms in total. The Bertz CT molecular complexity index is 677. The van der Waals surface area contributed by atoms with Crippen LogP contribution in [0, 0.1) is 0 Å². The fourth-order valence-corrected chi connectivity index (χ4v) is 2.25. The highest BCUT2D eigenvalue weighted by Crippen LogP contribution is 2.16. The highest BCUT2D eigenvalue weighted by atomic mass is 16.6. The maximum absolute atomic E-state index is 11.9. The number of fused-ring (bicyclic) bond motifs is 1. The Kier molecular flexibility index (Phi) is 4.00. The third kappa shape index (κ3) is 3.13. The average molecular weight is 284 g/mol. The van der Waals surface area contributed by atoms with Gasteiger partial charge < -0.3 is 14.8 Å². The second-order valence-electron chi connectivity index (χ2n) is 4.70. The van der Waals surface area contributed by atoms with Crippen LogP contribution in [0.25, 0.3) is 10.9 Å². The molecule has 3 rings (SSSR count). The first-order chi connectivity index (χ1) is 10.3.